The first-order chi connectivity index (χ1) is 14.7. The lowest BCUT2D eigenvalue weighted by Gasteiger charge is -2.19. The van der Waals surface area contributed by atoms with Gasteiger partial charge in [-0.25, -0.2) is 0 Å². The Morgan fingerprint density at radius 2 is 1.53 bits per heavy atom. The molecule has 0 spiro atoms. The molecule has 0 atom stereocenters. The van der Waals surface area contributed by atoms with Crippen LogP contribution in [-0.4, -0.2) is 9.55 Å². The van der Waals surface area contributed by atoms with Crippen LogP contribution < -0.4 is 4.74 Å². The van der Waals surface area contributed by atoms with Gasteiger partial charge in [0.15, 0.2) is 0 Å². The number of pyridine rings is 1. The smallest absolute Gasteiger partial charge is 0.147 e. The van der Waals surface area contributed by atoms with Gasteiger partial charge in [-0.15, -0.1) is 12.4 Å². The first kappa shape index (κ1) is 24.2. The van der Waals surface area contributed by atoms with Crippen LogP contribution in [0, 0.1) is 13.8 Å². The van der Waals surface area contributed by atoms with E-state index in [9.17, 15) is 0 Å². The summed E-state index contributed by atoms with van der Waals surface area (Å²) in [5.41, 5.74) is 8.29. The van der Waals surface area contributed by atoms with Crippen molar-refractivity contribution in [1.82, 2.24) is 9.55 Å². The van der Waals surface area contributed by atoms with Gasteiger partial charge in [-0.3, -0.25) is 4.98 Å². The monoisotopic (exact) mass is 468 g/mol. The summed E-state index contributed by atoms with van der Waals surface area (Å²) in [6, 6.07) is 18.6. The largest absolute Gasteiger partial charge is 0.487 e. The highest BCUT2D eigenvalue weighted by atomic mass is 35.5. The van der Waals surface area contributed by atoms with Crippen molar-refractivity contribution in [3.63, 3.8) is 0 Å². The number of hydrogen-bond donors (Lipinski definition) is 0. The van der Waals surface area contributed by atoms with E-state index in [4.69, 9.17) is 16.3 Å². The molecule has 0 N–H and O–H groups in total. The van der Waals surface area contributed by atoms with E-state index >= 15 is 0 Å². The zero-order chi connectivity index (χ0) is 22.2. The van der Waals surface area contributed by atoms with E-state index in [1.165, 1.54) is 22.4 Å². The van der Waals surface area contributed by atoms with Crippen molar-refractivity contribution in [3.05, 3.63) is 93.8 Å². The Morgan fingerprint density at radius 1 is 0.906 bits per heavy atom. The molecule has 5 heteroatoms. The fourth-order valence-corrected chi connectivity index (χ4v) is 3.99. The maximum atomic E-state index is 6.25. The fourth-order valence-electron chi connectivity index (χ4n) is 3.86. The second-order valence-corrected chi connectivity index (χ2v) is 9.60. The summed E-state index contributed by atoms with van der Waals surface area (Å²) in [6.07, 6.45) is 1.83. The fraction of sp³-hybridized carbons (Fsp3) is 0.296. The van der Waals surface area contributed by atoms with Crippen LogP contribution in [0.15, 0.2) is 60.8 Å². The molecule has 0 amide bonds. The normalized spacial score (nSPS) is 11.4. The maximum Gasteiger partial charge on any atom is 0.147 e. The van der Waals surface area contributed by atoms with Gasteiger partial charge >= 0.3 is 0 Å². The highest BCUT2D eigenvalue weighted by Gasteiger charge is 2.18. The standard InChI is InChI=1S/C27H29ClN2O.ClH/c1-18-19(2)30(16-20-6-10-22(11-7-20)27(3,4)5)26-24(14-15-29-25(18)26)31-17-21-8-12-23(28)13-9-21;/h6-15H,16-17H2,1-5H3;1H. The second-order valence-electron chi connectivity index (χ2n) is 9.16. The van der Waals surface area contributed by atoms with Crippen molar-refractivity contribution in [1.29, 1.82) is 0 Å². The molecule has 0 aliphatic heterocycles. The summed E-state index contributed by atoms with van der Waals surface area (Å²) < 4.78 is 8.57. The van der Waals surface area contributed by atoms with Gasteiger partial charge in [0.25, 0.3) is 0 Å². The summed E-state index contributed by atoms with van der Waals surface area (Å²) in [6.45, 7) is 12.3. The lowest BCUT2D eigenvalue weighted by molar-refractivity contribution is 0.308. The molecule has 168 valence electrons. The van der Waals surface area contributed by atoms with E-state index in [1.807, 2.05) is 36.5 Å². The molecule has 4 aromatic rings. The second kappa shape index (κ2) is 9.56. The minimum atomic E-state index is 0. The lowest BCUT2D eigenvalue weighted by atomic mass is 9.87. The van der Waals surface area contributed by atoms with Crippen molar-refractivity contribution in [2.24, 2.45) is 0 Å². The molecule has 0 aliphatic carbocycles. The van der Waals surface area contributed by atoms with Gasteiger partial charge in [0.1, 0.15) is 17.9 Å². The highest BCUT2D eigenvalue weighted by Crippen LogP contribution is 2.32. The zero-order valence-electron chi connectivity index (χ0n) is 19.3. The van der Waals surface area contributed by atoms with Crippen LogP contribution in [0.4, 0.5) is 0 Å². The Kier molecular flexibility index (Phi) is 7.22. The van der Waals surface area contributed by atoms with Crippen LogP contribution in [-0.2, 0) is 18.6 Å². The van der Waals surface area contributed by atoms with Crippen LogP contribution in [0.3, 0.4) is 0 Å². The van der Waals surface area contributed by atoms with Gasteiger partial charge in [0.05, 0.1) is 5.52 Å². The Balaban J connectivity index is 0.00000289. The number of ether oxygens (including phenoxy) is 1. The Hall–Kier alpha value is -2.49. The molecular formula is C27H30Cl2N2O. The van der Waals surface area contributed by atoms with Crippen LogP contribution in [0.1, 0.15) is 48.7 Å². The molecule has 0 bridgehead atoms. The number of hydrogen-bond acceptors (Lipinski definition) is 2. The van der Waals surface area contributed by atoms with E-state index in [2.05, 4.69) is 68.4 Å². The van der Waals surface area contributed by atoms with E-state index in [-0.39, 0.29) is 17.8 Å². The molecule has 4 rings (SSSR count). The van der Waals surface area contributed by atoms with Gasteiger partial charge in [-0.05, 0) is 53.6 Å². The van der Waals surface area contributed by atoms with Crippen LogP contribution in [0.2, 0.25) is 5.02 Å². The molecule has 0 unspecified atom stereocenters. The van der Waals surface area contributed by atoms with Crippen molar-refractivity contribution in [2.75, 3.05) is 0 Å². The SMILES string of the molecule is Cc1c(C)n(Cc2ccc(C(C)(C)C)cc2)c2c(OCc3ccc(Cl)cc3)ccnc12.Cl. The Morgan fingerprint density at radius 3 is 2.16 bits per heavy atom. The van der Waals surface area contributed by atoms with Gasteiger partial charge in [0.2, 0.25) is 0 Å². The third kappa shape index (κ3) is 4.95. The number of benzene rings is 2. The zero-order valence-corrected chi connectivity index (χ0v) is 20.8. The number of aromatic nitrogens is 2. The number of nitrogens with zero attached hydrogens (tertiary/aromatic N) is 2. The average Bonchev–Trinajstić information content (AvgIpc) is 2.98. The molecule has 3 nitrogen and oxygen atoms in total. The van der Waals surface area contributed by atoms with Gasteiger partial charge in [-0.2, -0.15) is 0 Å². The quantitative estimate of drug-likeness (QED) is 0.300. The maximum absolute atomic E-state index is 6.25. The molecule has 0 radical (unpaired) electrons. The van der Waals surface area contributed by atoms with Gasteiger partial charge in [-0.1, -0.05) is 68.8 Å². The first-order valence-electron chi connectivity index (χ1n) is 10.6. The third-order valence-electron chi connectivity index (χ3n) is 5.93. The van der Waals surface area contributed by atoms with E-state index in [0.29, 0.717) is 6.61 Å². The Bertz CT molecular complexity index is 1200. The van der Waals surface area contributed by atoms with Crippen LogP contribution in [0.5, 0.6) is 5.75 Å². The lowest BCUT2D eigenvalue weighted by Crippen LogP contribution is -2.11. The number of halogens is 2. The number of rotatable bonds is 5. The van der Waals surface area contributed by atoms with Crippen molar-refractivity contribution in [2.45, 2.75) is 53.2 Å². The third-order valence-corrected chi connectivity index (χ3v) is 6.18. The summed E-state index contributed by atoms with van der Waals surface area (Å²) in [7, 11) is 0. The number of fused-ring (bicyclic) bond motifs is 1. The van der Waals surface area contributed by atoms with Gasteiger partial charge in [0, 0.05) is 29.5 Å². The van der Waals surface area contributed by atoms with Crippen molar-refractivity contribution < 1.29 is 4.74 Å². The molecule has 2 heterocycles. The minimum absolute atomic E-state index is 0. The summed E-state index contributed by atoms with van der Waals surface area (Å²) in [4.78, 5) is 4.66. The molecule has 2 aromatic carbocycles. The molecule has 2 aromatic heterocycles. The predicted molar refractivity (Wildman–Crippen MR) is 136 cm³/mol. The summed E-state index contributed by atoms with van der Waals surface area (Å²) in [5.74, 6) is 0.850. The average molecular weight is 469 g/mol. The molecule has 0 aliphatic rings. The van der Waals surface area contributed by atoms with E-state index in [0.717, 1.165) is 33.9 Å². The highest BCUT2D eigenvalue weighted by molar-refractivity contribution is 6.30. The van der Waals surface area contributed by atoms with Crippen LogP contribution in [0.25, 0.3) is 11.0 Å². The van der Waals surface area contributed by atoms with Crippen molar-refractivity contribution >= 4 is 35.0 Å². The summed E-state index contributed by atoms with van der Waals surface area (Å²) >= 11 is 6.01. The Labute approximate surface area is 201 Å². The molecular weight excluding hydrogens is 439 g/mol. The molecule has 32 heavy (non-hydrogen) atoms. The minimum Gasteiger partial charge on any atom is -0.487 e. The predicted octanol–water partition coefficient (Wildman–Crippen LogP) is 7.65. The van der Waals surface area contributed by atoms with Crippen LogP contribution >= 0.6 is 24.0 Å². The van der Waals surface area contributed by atoms with Gasteiger partial charge < -0.3 is 9.30 Å². The molecule has 0 saturated carbocycles. The molecule has 0 saturated heterocycles. The van der Waals surface area contributed by atoms with Crippen molar-refractivity contribution in [3.8, 4) is 5.75 Å². The van der Waals surface area contributed by atoms with E-state index < -0.39 is 0 Å². The van der Waals surface area contributed by atoms with E-state index in [1.54, 1.807) is 0 Å². The number of aryl methyl sites for hydroxylation is 1. The summed E-state index contributed by atoms with van der Waals surface area (Å²) in [5, 5.41) is 0.729. The molecule has 0 fully saturated rings. The first-order valence-corrected chi connectivity index (χ1v) is 11.0. The topological polar surface area (TPSA) is 27.1 Å².